The molecule has 4 rings (SSSR count). The summed E-state index contributed by atoms with van der Waals surface area (Å²) in [6, 6.07) is 7.07. The van der Waals surface area contributed by atoms with Crippen LogP contribution in [0.4, 0.5) is 31.9 Å². The Balaban J connectivity index is 1.46. The number of carbonyl (C=O) groups is 2. The maximum atomic E-state index is 15.3. The standard InChI is InChI=1S/C24H23F2N5O7/c1-2-36-23(33)13-3-9-16(10-4-13)37-18-12-11-17(31(34)35)20(19(18)26)28-21(32)22-29-30-24(38-22)27-15-7-5-14(25)6-8-15/h5-8,11-13,16H,2-4,9-10H2,1H3,(H,27,30)(H,28,32)/t13-,16+. The Labute approximate surface area is 214 Å². The summed E-state index contributed by atoms with van der Waals surface area (Å²) in [4.78, 5) is 35.2. The first kappa shape index (κ1) is 26.4. The van der Waals surface area contributed by atoms with Crippen LogP contribution in [0, 0.1) is 27.7 Å². The number of amides is 1. The molecule has 1 aromatic heterocycles. The molecular weight excluding hydrogens is 508 g/mol. The molecule has 2 N–H and O–H groups in total. The lowest BCUT2D eigenvalue weighted by molar-refractivity contribution is -0.384. The van der Waals surface area contributed by atoms with Gasteiger partial charge in [-0.3, -0.25) is 19.7 Å². The van der Waals surface area contributed by atoms with Gasteiger partial charge in [0.25, 0.3) is 5.69 Å². The van der Waals surface area contributed by atoms with Gasteiger partial charge >= 0.3 is 23.8 Å². The molecule has 0 unspecified atom stereocenters. The van der Waals surface area contributed by atoms with Gasteiger partial charge in [0.15, 0.2) is 17.3 Å². The molecule has 0 radical (unpaired) electrons. The Hall–Kier alpha value is -4.62. The molecule has 12 nitrogen and oxygen atoms in total. The molecule has 14 heteroatoms. The van der Waals surface area contributed by atoms with Crippen molar-refractivity contribution in [2.45, 2.75) is 38.7 Å². The Morgan fingerprint density at radius 2 is 1.82 bits per heavy atom. The summed E-state index contributed by atoms with van der Waals surface area (Å²) in [5.41, 5.74) is -1.05. The summed E-state index contributed by atoms with van der Waals surface area (Å²) in [7, 11) is 0. The monoisotopic (exact) mass is 531 g/mol. The summed E-state index contributed by atoms with van der Waals surface area (Å²) < 4.78 is 44.3. The van der Waals surface area contributed by atoms with E-state index in [1.165, 1.54) is 24.3 Å². The average molecular weight is 531 g/mol. The van der Waals surface area contributed by atoms with Crippen LogP contribution in [0.15, 0.2) is 40.8 Å². The van der Waals surface area contributed by atoms with E-state index in [4.69, 9.17) is 13.9 Å². The van der Waals surface area contributed by atoms with E-state index in [1.807, 2.05) is 0 Å². The molecule has 0 spiro atoms. The SMILES string of the molecule is CCOC(=O)[C@H]1CC[C@@H](Oc2ccc([N+](=O)[O-])c(NC(=O)c3nnc(Nc4ccc(F)cc4)o3)c2F)CC1. The summed E-state index contributed by atoms with van der Waals surface area (Å²) in [6.07, 6.45) is 1.46. The van der Waals surface area contributed by atoms with Crippen molar-refractivity contribution in [3.8, 4) is 5.75 Å². The minimum absolute atomic E-state index is 0.216. The second-order valence-corrected chi connectivity index (χ2v) is 8.37. The summed E-state index contributed by atoms with van der Waals surface area (Å²) in [5, 5.41) is 23.4. The highest BCUT2D eigenvalue weighted by molar-refractivity contribution is 6.02. The average Bonchev–Trinajstić information content (AvgIpc) is 3.37. The van der Waals surface area contributed by atoms with Crippen molar-refractivity contribution in [1.29, 1.82) is 0 Å². The molecule has 1 aliphatic carbocycles. The molecule has 1 saturated carbocycles. The van der Waals surface area contributed by atoms with E-state index in [1.54, 1.807) is 6.92 Å². The van der Waals surface area contributed by atoms with Crippen LogP contribution in [-0.4, -0.2) is 39.7 Å². The third kappa shape index (κ3) is 6.19. The summed E-state index contributed by atoms with van der Waals surface area (Å²) >= 11 is 0. The smallest absolute Gasteiger partial charge is 0.320 e. The number of rotatable bonds is 9. The van der Waals surface area contributed by atoms with E-state index < -0.39 is 45.8 Å². The Morgan fingerprint density at radius 1 is 1.11 bits per heavy atom. The molecule has 1 heterocycles. The molecule has 0 saturated heterocycles. The highest BCUT2D eigenvalue weighted by Crippen LogP contribution is 2.36. The molecule has 200 valence electrons. The number of hydrogen-bond donors (Lipinski definition) is 2. The number of halogens is 2. The number of hydrogen-bond acceptors (Lipinski definition) is 10. The van der Waals surface area contributed by atoms with E-state index >= 15 is 4.39 Å². The number of ether oxygens (including phenoxy) is 2. The van der Waals surface area contributed by atoms with Crippen LogP contribution in [0.3, 0.4) is 0 Å². The maximum absolute atomic E-state index is 15.3. The van der Waals surface area contributed by atoms with Gasteiger partial charge in [0, 0.05) is 11.8 Å². The molecule has 38 heavy (non-hydrogen) atoms. The molecular formula is C24H23F2N5O7. The normalized spacial score (nSPS) is 16.9. The van der Waals surface area contributed by atoms with Crippen LogP contribution in [0.5, 0.6) is 5.75 Å². The van der Waals surface area contributed by atoms with Crippen LogP contribution < -0.4 is 15.4 Å². The van der Waals surface area contributed by atoms with Gasteiger partial charge in [0.2, 0.25) is 0 Å². The number of nitro groups is 1. The van der Waals surface area contributed by atoms with Gasteiger partial charge in [-0.05, 0) is 62.9 Å². The number of benzene rings is 2. The lowest BCUT2D eigenvalue weighted by Gasteiger charge is -2.28. The fraction of sp³-hybridized carbons (Fsp3) is 0.333. The van der Waals surface area contributed by atoms with E-state index in [2.05, 4.69) is 20.8 Å². The zero-order valence-electron chi connectivity index (χ0n) is 20.1. The number of aromatic nitrogens is 2. The predicted molar refractivity (Wildman–Crippen MR) is 128 cm³/mol. The quantitative estimate of drug-likeness (QED) is 0.224. The minimum Gasteiger partial charge on any atom is -0.487 e. The fourth-order valence-electron chi connectivity index (χ4n) is 3.95. The number of carbonyl (C=O) groups excluding carboxylic acids is 2. The van der Waals surface area contributed by atoms with Crippen LogP contribution >= 0.6 is 0 Å². The minimum atomic E-state index is -1.15. The second kappa shape index (κ2) is 11.6. The molecule has 1 aliphatic rings. The fourth-order valence-corrected chi connectivity index (χ4v) is 3.95. The number of anilines is 3. The Kier molecular flexibility index (Phi) is 8.09. The molecule has 0 aliphatic heterocycles. The van der Waals surface area contributed by atoms with Crippen molar-refractivity contribution in [3.05, 3.63) is 64.0 Å². The van der Waals surface area contributed by atoms with E-state index in [9.17, 15) is 24.1 Å². The Morgan fingerprint density at radius 3 is 2.47 bits per heavy atom. The lowest BCUT2D eigenvalue weighted by atomic mass is 9.87. The van der Waals surface area contributed by atoms with Crippen molar-refractivity contribution in [1.82, 2.24) is 10.2 Å². The van der Waals surface area contributed by atoms with Crippen LogP contribution in [0.25, 0.3) is 0 Å². The Bertz CT molecular complexity index is 1320. The lowest BCUT2D eigenvalue weighted by Crippen LogP contribution is -2.29. The predicted octanol–water partition coefficient (Wildman–Crippen LogP) is 4.75. The van der Waals surface area contributed by atoms with Gasteiger partial charge in [-0.1, -0.05) is 5.10 Å². The van der Waals surface area contributed by atoms with Gasteiger partial charge in [-0.25, -0.2) is 8.78 Å². The van der Waals surface area contributed by atoms with Crippen molar-refractivity contribution >= 4 is 35.0 Å². The summed E-state index contributed by atoms with van der Waals surface area (Å²) in [5.74, 6) is -4.15. The summed E-state index contributed by atoms with van der Waals surface area (Å²) in [6.45, 7) is 2.01. The first-order valence-electron chi connectivity index (χ1n) is 11.7. The number of nitrogens with zero attached hydrogens (tertiary/aromatic N) is 3. The number of nitro benzene ring substituents is 1. The highest BCUT2D eigenvalue weighted by atomic mass is 19.1. The van der Waals surface area contributed by atoms with Crippen molar-refractivity contribution < 1.29 is 37.2 Å². The molecule has 3 aromatic rings. The van der Waals surface area contributed by atoms with Crippen LogP contribution in [0.2, 0.25) is 0 Å². The third-order valence-corrected chi connectivity index (χ3v) is 5.82. The van der Waals surface area contributed by atoms with E-state index in [-0.39, 0.29) is 30.3 Å². The van der Waals surface area contributed by atoms with Crippen molar-refractivity contribution in [3.63, 3.8) is 0 Å². The molecule has 2 aromatic carbocycles. The molecule has 0 bridgehead atoms. The van der Waals surface area contributed by atoms with Crippen LogP contribution in [0.1, 0.15) is 43.3 Å². The number of nitrogens with one attached hydrogen (secondary N) is 2. The van der Waals surface area contributed by atoms with Crippen molar-refractivity contribution in [2.75, 3.05) is 17.2 Å². The highest BCUT2D eigenvalue weighted by Gasteiger charge is 2.31. The largest absolute Gasteiger partial charge is 0.487 e. The first-order chi connectivity index (χ1) is 18.2. The first-order valence-corrected chi connectivity index (χ1v) is 11.7. The molecule has 0 atom stereocenters. The van der Waals surface area contributed by atoms with E-state index in [0.717, 1.165) is 12.1 Å². The zero-order chi connectivity index (χ0) is 27.2. The third-order valence-electron chi connectivity index (χ3n) is 5.82. The van der Waals surface area contributed by atoms with Gasteiger partial charge in [-0.2, -0.15) is 0 Å². The number of esters is 1. The topological polar surface area (TPSA) is 159 Å². The van der Waals surface area contributed by atoms with Gasteiger partial charge in [0.1, 0.15) is 5.82 Å². The van der Waals surface area contributed by atoms with Crippen LogP contribution in [-0.2, 0) is 9.53 Å². The second-order valence-electron chi connectivity index (χ2n) is 8.37. The molecule has 1 fully saturated rings. The zero-order valence-corrected chi connectivity index (χ0v) is 20.1. The van der Waals surface area contributed by atoms with Gasteiger partial charge in [0.05, 0.1) is 23.6 Å². The van der Waals surface area contributed by atoms with Crippen molar-refractivity contribution in [2.24, 2.45) is 5.92 Å². The van der Waals surface area contributed by atoms with E-state index in [0.29, 0.717) is 31.4 Å². The maximum Gasteiger partial charge on any atom is 0.320 e. The molecule has 1 amide bonds. The van der Waals surface area contributed by atoms with Gasteiger partial charge < -0.3 is 24.5 Å². The van der Waals surface area contributed by atoms with Gasteiger partial charge in [-0.15, -0.1) is 5.10 Å².